The summed E-state index contributed by atoms with van der Waals surface area (Å²) in [7, 11) is 0. The molecule has 1 amide bonds. The second kappa shape index (κ2) is 9.63. The van der Waals surface area contributed by atoms with Crippen molar-refractivity contribution in [2.45, 2.75) is 39.8 Å². The largest absolute Gasteiger partial charge is 0.447 e. The van der Waals surface area contributed by atoms with Crippen molar-refractivity contribution in [3.05, 3.63) is 66.5 Å². The van der Waals surface area contributed by atoms with Crippen LogP contribution in [0.25, 0.3) is 22.2 Å². The van der Waals surface area contributed by atoms with Gasteiger partial charge >= 0.3 is 12.1 Å². The lowest BCUT2D eigenvalue weighted by molar-refractivity contribution is 0.130. The highest BCUT2D eigenvalue weighted by atomic mass is 16.6. The maximum absolute atomic E-state index is 11.9. The van der Waals surface area contributed by atoms with Crippen LogP contribution in [0.3, 0.4) is 0 Å². The van der Waals surface area contributed by atoms with Gasteiger partial charge in [0.15, 0.2) is 0 Å². The third-order valence-electron chi connectivity index (χ3n) is 5.10. The van der Waals surface area contributed by atoms with Crippen LogP contribution in [-0.2, 0) is 4.74 Å². The number of fused-ring (bicyclic) bond motifs is 1. The van der Waals surface area contributed by atoms with E-state index in [-0.39, 0.29) is 18.2 Å². The van der Waals surface area contributed by atoms with Gasteiger partial charge in [-0.1, -0.05) is 12.1 Å². The highest BCUT2D eigenvalue weighted by Crippen LogP contribution is 2.38. The molecule has 34 heavy (non-hydrogen) atoms. The molecular formula is C26H25N5O3. The third kappa shape index (κ3) is 4.69. The molecule has 0 saturated carbocycles. The van der Waals surface area contributed by atoms with Crippen LogP contribution in [0.15, 0.2) is 60.9 Å². The lowest BCUT2D eigenvalue weighted by Crippen LogP contribution is -2.17. The molecule has 172 valence electrons. The van der Waals surface area contributed by atoms with E-state index in [0.717, 1.165) is 22.2 Å². The van der Waals surface area contributed by atoms with Crippen LogP contribution in [0.1, 0.15) is 39.3 Å². The van der Waals surface area contributed by atoms with Crippen LogP contribution in [0.4, 0.5) is 10.5 Å². The van der Waals surface area contributed by atoms with Crippen molar-refractivity contribution in [1.29, 1.82) is 5.26 Å². The Bertz CT molecular complexity index is 1350. The fourth-order valence-electron chi connectivity index (χ4n) is 3.80. The highest BCUT2D eigenvalue weighted by molar-refractivity contribution is 5.96. The Balaban J connectivity index is 1.75. The molecule has 0 aliphatic rings. The van der Waals surface area contributed by atoms with Gasteiger partial charge < -0.3 is 14.0 Å². The van der Waals surface area contributed by atoms with E-state index in [4.69, 9.17) is 9.47 Å². The van der Waals surface area contributed by atoms with Crippen LogP contribution in [-0.4, -0.2) is 26.7 Å². The fourth-order valence-corrected chi connectivity index (χ4v) is 3.80. The average molecular weight is 456 g/mol. The molecule has 4 rings (SSSR count). The summed E-state index contributed by atoms with van der Waals surface area (Å²) in [5, 5.41) is 13.6. The van der Waals surface area contributed by atoms with Gasteiger partial charge in [0.2, 0.25) is 0 Å². The zero-order valence-corrected chi connectivity index (χ0v) is 19.4. The molecule has 0 spiro atoms. The van der Waals surface area contributed by atoms with Gasteiger partial charge in [0, 0.05) is 35.6 Å². The van der Waals surface area contributed by atoms with Crippen molar-refractivity contribution in [2.75, 3.05) is 5.32 Å². The predicted molar refractivity (Wildman–Crippen MR) is 130 cm³/mol. The molecule has 0 unspecified atom stereocenters. The number of anilines is 1. The van der Waals surface area contributed by atoms with Gasteiger partial charge in [-0.25, -0.2) is 14.8 Å². The van der Waals surface area contributed by atoms with Crippen molar-refractivity contribution in [3.8, 4) is 29.1 Å². The van der Waals surface area contributed by atoms with Gasteiger partial charge in [0.05, 0.1) is 22.9 Å². The predicted octanol–water partition coefficient (Wildman–Crippen LogP) is 6.30. The van der Waals surface area contributed by atoms with Crippen LogP contribution in [0.2, 0.25) is 0 Å². The summed E-state index contributed by atoms with van der Waals surface area (Å²) < 4.78 is 13.1. The van der Waals surface area contributed by atoms with E-state index in [1.165, 1.54) is 0 Å². The number of carbonyl (C=O) groups is 1. The number of hydrogen-bond donors (Lipinski definition) is 1. The molecule has 2 aromatic carbocycles. The number of carbonyl (C=O) groups excluding carboxylic acids is 1. The number of amides is 1. The second-order valence-electron chi connectivity index (χ2n) is 8.27. The van der Waals surface area contributed by atoms with Crippen LogP contribution < -0.4 is 10.1 Å². The van der Waals surface area contributed by atoms with E-state index in [1.807, 2.05) is 24.3 Å². The summed E-state index contributed by atoms with van der Waals surface area (Å²) in [6, 6.07) is 17.4. The summed E-state index contributed by atoms with van der Waals surface area (Å²) in [5.74, 6) is 0.581. The minimum absolute atomic E-state index is 0.0710. The number of nitrogens with one attached hydrogen (secondary N) is 1. The molecule has 4 aromatic rings. The van der Waals surface area contributed by atoms with Crippen LogP contribution >= 0.6 is 0 Å². The molecule has 0 aliphatic heterocycles. The van der Waals surface area contributed by atoms with Crippen molar-refractivity contribution in [2.24, 2.45) is 0 Å². The quantitative estimate of drug-likeness (QED) is 0.366. The van der Waals surface area contributed by atoms with Crippen LogP contribution in [0, 0.1) is 11.3 Å². The highest BCUT2D eigenvalue weighted by Gasteiger charge is 2.21. The van der Waals surface area contributed by atoms with Crippen molar-refractivity contribution in [3.63, 3.8) is 0 Å². The maximum atomic E-state index is 11.9. The Kier molecular flexibility index (Phi) is 6.46. The fraction of sp³-hybridized carbons (Fsp3) is 0.231. The SMILES string of the molecule is CC(C)OC(=O)Nc1ccc(-c2c(C#N)c3ccc(Oc4ncccn4)cc3n2C(C)C)cc1. The lowest BCUT2D eigenvalue weighted by Gasteiger charge is -2.16. The van der Waals surface area contributed by atoms with E-state index in [2.05, 4.69) is 39.8 Å². The molecule has 8 nitrogen and oxygen atoms in total. The lowest BCUT2D eigenvalue weighted by atomic mass is 10.1. The van der Waals surface area contributed by atoms with E-state index >= 15 is 0 Å². The summed E-state index contributed by atoms with van der Waals surface area (Å²) in [4.78, 5) is 20.1. The first-order chi connectivity index (χ1) is 16.4. The molecule has 1 N–H and O–H groups in total. The Morgan fingerprint density at radius 3 is 2.38 bits per heavy atom. The molecule has 2 aromatic heterocycles. The smallest absolute Gasteiger partial charge is 0.411 e. The Morgan fingerprint density at radius 2 is 1.76 bits per heavy atom. The van der Waals surface area contributed by atoms with Crippen molar-refractivity contribution in [1.82, 2.24) is 14.5 Å². The molecule has 2 heterocycles. The average Bonchev–Trinajstić information content (AvgIpc) is 3.13. The first kappa shape index (κ1) is 22.8. The van der Waals surface area contributed by atoms with E-state index in [9.17, 15) is 10.1 Å². The van der Waals surface area contributed by atoms with Gasteiger partial charge in [0.1, 0.15) is 11.8 Å². The topological polar surface area (TPSA) is 102 Å². The third-order valence-corrected chi connectivity index (χ3v) is 5.10. The monoisotopic (exact) mass is 455 g/mol. The molecule has 8 heteroatoms. The van der Waals surface area contributed by atoms with E-state index in [0.29, 0.717) is 17.0 Å². The molecule has 0 bridgehead atoms. The molecule has 0 saturated heterocycles. The minimum Gasteiger partial charge on any atom is -0.447 e. The zero-order chi connectivity index (χ0) is 24.2. The first-order valence-electron chi connectivity index (χ1n) is 11.0. The molecule has 0 atom stereocenters. The number of nitrogens with zero attached hydrogens (tertiary/aromatic N) is 4. The normalized spacial score (nSPS) is 11.0. The number of aromatic nitrogens is 3. The van der Waals surface area contributed by atoms with Gasteiger partial charge in [-0.2, -0.15) is 5.26 Å². The minimum atomic E-state index is -0.508. The van der Waals surface area contributed by atoms with Crippen molar-refractivity contribution >= 4 is 22.7 Å². The number of ether oxygens (including phenoxy) is 2. The number of nitriles is 1. The molecule has 0 radical (unpaired) electrons. The Hall–Kier alpha value is -4.38. The standard InChI is InChI=1S/C26H25N5O3/c1-16(2)31-23-14-20(34-25-28-12-5-13-29-25)10-11-21(23)22(15-27)24(31)18-6-8-19(9-7-18)30-26(32)33-17(3)4/h5-14,16-17H,1-4H3,(H,30,32). The molecule has 0 fully saturated rings. The number of benzene rings is 2. The summed E-state index contributed by atoms with van der Waals surface area (Å²) in [6.07, 6.45) is 2.52. The van der Waals surface area contributed by atoms with Crippen LogP contribution in [0.5, 0.6) is 11.8 Å². The van der Waals surface area contributed by atoms with E-state index in [1.54, 1.807) is 50.5 Å². The Morgan fingerprint density at radius 1 is 1.06 bits per heavy atom. The summed E-state index contributed by atoms with van der Waals surface area (Å²) >= 11 is 0. The van der Waals surface area contributed by atoms with Gasteiger partial charge in [-0.3, -0.25) is 5.32 Å². The van der Waals surface area contributed by atoms with E-state index < -0.39 is 6.09 Å². The van der Waals surface area contributed by atoms with Gasteiger partial charge in [-0.05, 0) is 63.6 Å². The summed E-state index contributed by atoms with van der Waals surface area (Å²) in [5.41, 5.74) is 3.72. The van der Waals surface area contributed by atoms with Gasteiger partial charge in [-0.15, -0.1) is 0 Å². The number of hydrogen-bond acceptors (Lipinski definition) is 6. The van der Waals surface area contributed by atoms with Crippen molar-refractivity contribution < 1.29 is 14.3 Å². The summed E-state index contributed by atoms with van der Waals surface area (Å²) in [6.45, 7) is 7.71. The molecular weight excluding hydrogens is 430 g/mol. The maximum Gasteiger partial charge on any atom is 0.411 e. The zero-order valence-electron chi connectivity index (χ0n) is 19.4. The molecule has 0 aliphatic carbocycles. The second-order valence-corrected chi connectivity index (χ2v) is 8.27. The first-order valence-corrected chi connectivity index (χ1v) is 11.0. The Labute approximate surface area is 197 Å². The number of rotatable bonds is 6. The van der Waals surface area contributed by atoms with Gasteiger partial charge in [0.25, 0.3) is 0 Å².